The first-order chi connectivity index (χ1) is 16.5. The van der Waals surface area contributed by atoms with Crippen molar-refractivity contribution in [2.45, 2.75) is 32.9 Å². The van der Waals surface area contributed by atoms with Crippen molar-refractivity contribution in [3.8, 4) is 11.5 Å². The minimum Gasteiger partial charge on any atom is -0.508 e. The minimum absolute atomic E-state index is 0.150. The molecule has 0 atom stereocenters. The molecular weight excluding hydrogens is 430 g/mol. The first-order valence-corrected chi connectivity index (χ1v) is 11.2. The standard InChI is InChI=1S/C27H27N3O4/c1-3-18-15-20(11-12-23(18)31)26(32)28-16-21-8-6-9-22-25(21)27(33)30(17-29-22)14-13-19-7-4-5-10-24(19)34-2/h4-12,15,17,31H,3,13-14,16H2,1-2H3,(H,28,32). The van der Waals surface area contributed by atoms with Gasteiger partial charge in [-0.2, -0.15) is 0 Å². The van der Waals surface area contributed by atoms with Crippen LogP contribution >= 0.6 is 0 Å². The number of benzene rings is 3. The quantitative estimate of drug-likeness (QED) is 0.419. The number of carbonyl (C=O) groups excluding carboxylic acids is 1. The van der Waals surface area contributed by atoms with Crippen molar-refractivity contribution in [1.82, 2.24) is 14.9 Å². The molecule has 0 unspecified atom stereocenters. The number of amides is 1. The Labute approximate surface area is 197 Å². The molecule has 0 saturated carbocycles. The highest BCUT2D eigenvalue weighted by molar-refractivity contribution is 5.94. The highest BCUT2D eigenvalue weighted by Gasteiger charge is 2.13. The van der Waals surface area contributed by atoms with Crippen molar-refractivity contribution in [3.05, 3.63) is 99.6 Å². The highest BCUT2D eigenvalue weighted by Crippen LogP contribution is 2.20. The monoisotopic (exact) mass is 457 g/mol. The van der Waals surface area contributed by atoms with Crippen LogP contribution in [0.2, 0.25) is 0 Å². The summed E-state index contributed by atoms with van der Waals surface area (Å²) in [6, 6.07) is 18.0. The molecule has 4 rings (SSSR count). The molecule has 0 aliphatic rings. The van der Waals surface area contributed by atoms with Crippen LogP contribution in [-0.4, -0.2) is 27.7 Å². The van der Waals surface area contributed by atoms with Crippen LogP contribution in [0.5, 0.6) is 11.5 Å². The molecule has 1 heterocycles. The van der Waals surface area contributed by atoms with Crippen LogP contribution in [0.1, 0.15) is 34.0 Å². The molecule has 0 fully saturated rings. The van der Waals surface area contributed by atoms with E-state index in [1.165, 1.54) is 6.07 Å². The van der Waals surface area contributed by atoms with Gasteiger partial charge in [-0.3, -0.25) is 14.2 Å². The molecule has 0 spiro atoms. The smallest absolute Gasteiger partial charge is 0.261 e. The first-order valence-electron chi connectivity index (χ1n) is 11.2. The van der Waals surface area contributed by atoms with E-state index in [1.54, 1.807) is 36.2 Å². The number of nitrogens with zero attached hydrogens (tertiary/aromatic N) is 2. The lowest BCUT2D eigenvalue weighted by Crippen LogP contribution is -2.26. The average Bonchev–Trinajstić information content (AvgIpc) is 2.87. The SMILES string of the molecule is CCc1cc(C(=O)NCc2cccc3ncn(CCc4ccccc4OC)c(=O)c23)ccc1O. The van der Waals surface area contributed by atoms with Gasteiger partial charge in [0.25, 0.3) is 11.5 Å². The Balaban J connectivity index is 1.56. The van der Waals surface area contributed by atoms with E-state index < -0.39 is 0 Å². The second-order valence-electron chi connectivity index (χ2n) is 8.00. The summed E-state index contributed by atoms with van der Waals surface area (Å²) >= 11 is 0. The third-order valence-electron chi connectivity index (χ3n) is 5.92. The average molecular weight is 458 g/mol. The van der Waals surface area contributed by atoms with Gasteiger partial charge in [0, 0.05) is 18.7 Å². The molecule has 0 aliphatic carbocycles. The number of ether oxygens (including phenoxy) is 1. The second kappa shape index (κ2) is 10.2. The van der Waals surface area contributed by atoms with E-state index in [-0.39, 0.29) is 23.8 Å². The Morgan fingerprint density at radius 3 is 2.65 bits per heavy atom. The molecule has 174 valence electrons. The van der Waals surface area contributed by atoms with E-state index >= 15 is 0 Å². The van der Waals surface area contributed by atoms with Gasteiger partial charge >= 0.3 is 0 Å². The van der Waals surface area contributed by atoms with Crippen LogP contribution in [0.15, 0.2) is 71.8 Å². The number of nitrogens with one attached hydrogen (secondary N) is 1. The lowest BCUT2D eigenvalue weighted by atomic mass is 10.1. The Morgan fingerprint density at radius 2 is 1.85 bits per heavy atom. The van der Waals surface area contributed by atoms with Gasteiger partial charge in [-0.1, -0.05) is 37.3 Å². The molecule has 0 bridgehead atoms. The molecule has 0 saturated heterocycles. The number of aromatic hydroxyl groups is 1. The summed E-state index contributed by atoms with van der Waals surface area (Å²) < 4.78 is 7.00. The van der Waals surface area contributed by atoms with Crippen LogP contribution in [-0.2, 0) is 25.9 Å². The summed E-state index contributed by atoms with van der Waals surface area (Å²) in [7, 11) is 1.63. The van der Waals surface area contributed by atoms with Crippen LogP contribution in [0.4, 0.5) is 0 Å². The van der Waals surface area contributed by atoms with E-state index in [0.717, 1.165) is 11.3 Å². The van der Waals surface area contributed by atoms with Gasteiger partial charge < -0.3 is 15.2 Å². The van der Waals surface area contributed by atoms with E-state index in [4.69, 9.17) is 4.74 Å². The molecule has 1 amide bonds. The fourth-order valence-corrected chi connectivity index (χ4v) is 4.01. The van der Waals surface area contributed by atoms with Gasteiger partial charge in [0.05, 0.1) is 24.3 Å². The van der Waals surface area contributed by atoms with Gasteiger partial charge in [0.15, 0.2) is 0 Å². The predicted octanol–water partition coefficient (Wildman–Crippen LogP) is 3.85. The number of carbonyl (C=O) groups is 1. The Hall–Kier alpha value is -4.13. The lowest BCUT2D eigenvalue weighted by Gasteiger charge is -2.12. The number of phenols is 1. The number of hydrogen-bond donors (Lipinski definition) is 2. The maximum atomic E-state index is 13.3. The number of hydrogen-bond acceptors (Lipinski definition) is 5. The number of aromatic nitrogens is 2. The maximum Gasteiger partial charge on any atom is 0.261 e. The van der Waals surface area contributed by atoms with E-state index in [2.05, 4.69) is 10.3 Å². The first kappa shape index (κ1) is 23.0. The number of fused-ring (bicyclic) bond motifs is 1. The summed E-state index contributed by atoms with van der Waals surface area (Å²) in [5, 5.41) is 13.2. The Kier molecular flexibility index (Phi) is 6.92. The molecule has 7 nitrogen and oxygen atoms in total. The summed E-state index contributed by atoms with van der Waals surface area (Å²) in [4.78, 5) is 30.5. The topological polar surface area (TPSA) is 93.5 Å². The summed E-state index contributed by atoms with van der Waals surface area (Å²) in [6.45, 7) is 2.56. The highest BCUT2D eigenvalue weighted by atomic mass is 16.5. The lowest BCUT2D eigenvalue weighted by molar-refractivity contribution is 0.0951. The van der Waals surface area contributed by atoms with Crippen LogP contribution in [0, 0.1) is 0 Å². The Morgan fingerprint density at radius 1 is 1.06 bits per heavy atom. The van der Waals surface area contributed by atoms with Crippen molar-refractivity contribution < 1.29 is 14.6 Å². The van der Waals surface area contributed by atoms with Crippen LogP contribution < -0.4 is 15.6 Å². The summed E-state index contributed by atoms with van der Waals surface area (Å²) in [5.74, 6) is 0.688. The van der Waals surface area contributed by atoms with Gasteiger partial charge in [-0.15, -0.1) is 0 Å². The normalized spacial score (nSPS) is 10.9. The zero-order chi connectivity index (χ0) is 24.1. The van der Waals surface area contributed by atoms with Gasteiger partial charge in [0.1, 0.15) is 11.5 Å². The van der Waals surface area contributed by atoms with E-state index in [9.17, 15) is 14.7 Å². The largest absolute Gasteiger partial charge is 0.508 e. The zero-order valence-electron chi connectivity index (χ0n) is 19.2. The van der Waals surface area contributed by atoms with Gasteiger partial charge in [-0.05, 0) is 59.9 Å². The maximum absolute atomic E-state index is 13.3. The van der Waals surface area contributed by atoms with E-state index in [1.807, 2.05) is 43.3 Å². The number of rotatable bonds is 8. The third-order valence-corrected chi connectivity index (χ3v) is 5.92. The molecule has 7 heteroatoms. The third kappa shape index (κ3) is 4.78. The number of methoxy groups -OCH3 is 1. The molecule has 1 aromatic heterocycles. The van der Waals surface area contributed by atoms with E-state index in [0.29, 0.717) is 47.0 Å². The number of para-hydroxylation sites is 1. The van der Waals surface area contributed by atoms with Crippen molar-refractivity contribution >= 4 is 16.8 Å². The molecule has 4 aromatic rings. The molecule has 3 aromatic carbocycles. The Bertz CT molecular complexity index is 1390. The van der Waals surface area contributed by atoms with Crippen molar-refractivity contribution in [2.24, 2.45) is 0 Å². The van der Waals surface area contributed by atoms with Crippen LogP contribution in [0.3, 0.4) is 0 Å². The minimum atomic E-state index is -0.271. The molecule has 0 radical (unpaired) electrons. The van der Waals surface area contributed by atoms with Gasteiger partial charge in [-0.25, -0.2) is 4.98 Å². The number of aryl methyl sites for hydroxylation is 3. The van der Waals surface area contributed by atoms with Crippen molar-refractivity contribution in [3.63, 3.8) is 0 Å². The zero-order valence-corrected chi connectivity index (χ0v) is 19.2. The second-order valence-corrected chi connectivity index (χ2v) is 8.00. The molecule has 2 N–H and O–H groups in total. The van der Waals surface area contributed by atoms with Crippen molar-refractivity contribution in [1.29, 1.82) is 0 Å². The molecular formula is C27H27N3O4. The van der Waals surface area contributed by atoms with Crippen LogP contribution in [0.25, 0.3) is 10.9 Å². The molecule has 0 aliphatic heterocycles. The fourth-order valence-electron chi connectivity index (χ4n) is 4.01. The summed E-state index contributed by atoms with van der Waals surface area (Å²) in [6.07, 6.45) is 2.80. The molecule has 34 heavy (non-hydrogen) atoms. The predicted molar refractivity (Wildman–Crippen MR) is 131 cm³/mol. The van der Waals surface area contributed by atoms with Crippen molar-refractivity contribution in [2.75, 3.05) is 7.11 Å². The fraction of sp³-hybridized carbons (Fsp3) is 0.222. The summed E-state index contributed by atoms with van der Waals surface area (Å²) in [5.41, 5.74) is 3.32. The number of phenolic OH excluding ortho intramolecular Hbond substituents is 1. The van der Waals surface area contributed by atoms with Gasteiger partial charge in [0.2, 0.25) is 0 Å².